The Balaban J connectivity index is 2.07. The van der Waals surface area contributed by atoms with Crippen molar-refractivity contribution in [2.24, 2.45) is 0 Å². The molecule has 0 saturated heterocycles. The number of carbonyl (C=O) groups is 1. The first kappa shape index (κ1) is 42.7. The second kappa shape index (κ2) is 23.1. The van der Waals surface area contributed by atoms with E-state index >= 15 is 0 Å². The summed E-state index contributed by atoms with van der Waals surface area (Å²) in [5.74, 6) is -0.684. The number of unbranched alkanes of at least 4 members (excludes halogenated alkanes) is 10. The second-order valence-corrected chi connectivity index (χ2v) is 14.3. The number of phenolic OH excluding ortho intramolecular Hbond substituents is 1. The molecule has 0 aromatic heterocycles. The normalized spacial score (nSPS) is 15.8. The summed E-state index contributed by atoms with van der Waals surface area (Å²) in [7, 11) is 0. The van der Waals surface area contributed by atoms with E-state index in [1.165, 1.54) is 38.5 Å². The fraction of sp³-hybridized carbons (Fsp3) is 0.636. The number of aliphatic hydroxyl groups is 1. The molecule has 2 N–H and O–H groups in total. The molecule has 0 bridgehead atoms. The highest BCUT2D eigenvalue weighted by molar-refractivity contribution is 6.40. The van der Waals surface area contributed by atoms with Crippen LogP contribution in [0.2, 0.25) is 0 Å². The summed E-state index contributed by atoms with van der Waals surface area (Å²) >= 11 is 0. The molecule has 0 unspecified atom stereocenters. The Morgan fingerprint density at radius 2 is 1.21 bits per heavy atom. The zero-order valence-electron chi connectivity index (χ0n) is 33.3. The van der Waals surface area contributed by atoms with E-state index in [4.69, 9.17) is 9.47 Å². The number of benzene rings is 1. The Morgan fingerprint density at radius 3 is 1.75 bits per heavy atom. The van der Waals surface area contributed by atoms with Crippen molar-refractivity contribution in [3.8, 4) is 11.5 Å². The molecule has 8 nitrogen and oxygen atoms in total. The van der Waals surface area contributed by atoms with E-state index in [2.05, 4.69) is 51.0 Å². The summed E-state index contributed by atoms with van der Waals surface area (Å²) in [6, 6.07) is 3.50. The Morgan fingerprint density at radius 1 is 0.654 bits per heavy atom. The van der Waals surface area contributed by atoms with Crippen molar-refractivity contribution >= 4 is 22.8 Å². The van der Waals surface area contributed by atoms with Gasteiger partial charge < -0.3 is 29.7 Å². The minimum absolute atomic E-state index is 0.113. The molecule has 3 rings (SSSR count). The number of allylic oxidation sites excluding steroid dienone is 4. The lowest BCUT2D eigenvalue weighted by Gasteiger charge is -2.35. The fourth-order valence-corrected chi connectivity index (χ4v) is 7.07. The smallest absolute Gasteiger partial charge is 0.207 e. The molecule has 0 spiro atoms. The lowest BCUT2D eigenvalue weighted by molar-refractivity contribution is -0.526. The fourth-order valence-electron chi connectivity index (χ4n) is 7.07. The molecule has 1 aromatic rings. The summed E-state index contributed by atoms with van der Waals surface area (Å²) in [5.41, 5.74) is 1.63. The molecule has 0 amide bonds. The Hall–Kier alpha value is -3.68. The quantitative estimate of drug-likeness (QED) is 0.0558. The topological polar surface area (TPSA) is 105 Å². The summed E-state index contributed by atoms with van der Waals surface area (Å²) in [6.45, 7) is 16.9. The van der Waals surface area contributed by atoms with Crippen LogP contribution in [0, 0.1) is 0 Å². The molecule has 0 fully saturated rings. The van der Waals surface area contributed by atoms with E-state index in [1.807, 2.05) is 12.1 Å². The van der Waals surface area contributed by atoms with Crippen LogP contribution < -0.4 is 14.7 Å². The molecule has 2 aliphatic carbocycles. The summed E-state index contributed by atoms with van der Waals surface area (Å²) < 4.78 is 14.8. The molecular weight excluding hydrogens is 652 g/mol. The average molecular weight is 721 g/mol. The predicted octanol–water partition coefficient (Wildman–Crippen LogP) is 9.70. The highest BCUT2D eigenvalue weighted by atomic mass is 16.5. The number of hydrogen-bond donors (Lipinski definition) is 2. The third kappa shape index (κ3) is 11.7. The second-order valence-electron chi connectivity index (χ2n) is 14.3. The van der Waals surface area contributed by atoms with Crippen LogP contribution in [0.1, 0.15) is 150 Å². The number of carbonyl (C=O) groups excluding carboxylic acids is 1. The van der Waals surface area contributed by atoms with Crippen LogP contribution in [-0.4, -0.2) is 65.7 Å². The van der Waals surface area contributed by atoms with Gasteiger partial charge in [-0.05, 0) is 25.7 Å². The molecule has 8 heteroatoms. The molecular formula is C44H68N2O6. The number of aliphatic hydroxyl groups excluding tert-OH is 1. The number of aromatic hydroxyl groups is 1. The third-order valence-electron chi connectivity index (χ3n) is 9.76. The minimum atomic E-state index is -0.525. The van der Waals surface area contributed by atoms with Crippen LogP contribution >= 0.6 is 0 Å². The van der Waals surface area contributed by atoms with Gasteiger partial charge in [-0.25, -0.2) is 4.58 Å². The van der Waals surface area contributed by atoms with Gasteiger partial charge in [0.15, 0.2) is 5.78 Å². The van der Waals surface area contributed by atoms with Crippen molar-refractivity contribution in [3.63, 3.8) is 0 Å². The van der Waals surface area contributed by atoms with Gasteiger partial charge in [-0.2, -0.15) is 0 Å². The zero-order chi connectivity index (χ0) is 37.9. The van der Waals surface area contributed by atoms with Crippen LogP contribution in [0.3, 0.4) is 0 Å². The van der Waals surface area contributed by atoms with Crippen LogP contribution in [0.15, 0.2) is 52.7 Å². The van der Waals surface area contributed by atoms with Crippen LogP contribution in [0.25, 0.3) is 5.57 Å². The van der Waals surface area contributed by atoms with Crippen molar-refractivity contribution in [3.05, 3.63) is 58.3 Å². The van der Waals surface area contributed by atoms with E-state index < -0.39 is 11.5 Å². The molecule has 0 atom stereocenters. The van der Waals surface area contributed by atoms with Gasteiger partial charge in [0, 0.05) is 54.9 Å². The van der Waals surface area contributed by atoms with Crippen molar-refractivity contribution in [1.82, 2.24) is 0 Å². The van der Waals surface area contributed by atoms with Gasteiger partial charge in [-0.1, -0.05) is 112 Å². The maximum absolute atomic E-state index is 14.1. The van der Waals surface area contributed by atoms with E-state index in [1.54, 1.807) is 12.1 Å². The SMILES string of the molecule is CCCCCCCCOC1=CC(=[N+](CCC)CCC)C=C(O)/C1=C1\C(=O)C(c2c(O)cc(N(CCC)CCC)cc2OCCCCCCCC)=C1[O-]. The van der Waals surface area contributed by atoms with Gasteiger partial charge in [-0.15, -0.1) is 0 Å². The monoisotopic (exact) mass is 721 g/mol. The molecule has 290 valence electrons. The number of phenols is 1. The van der Waals surface area contributed by atoms with Gasteiger partial charge in [0.2, 0.25) is 5.71 Å². The third-order valence-corrected chi connectivity index (χ3v) is 9.76. The summed E-state index contributed by atoms with van der Waals surface area (Å²) in [5, 5.41) is 37.1. The molecule has 0 heterocycles. The first-order chi connectivity index (χ1) is 25.3. The van der Waals surface area contributed by atoms with Gasteiger partial charge in [-0.3, -0.25) is 4.79 Å². The number of rotatable bonds is 26. The average Bonchev–Trinajstić information content (AvgIpc) is 3.12. The predicted molar refractivity (Wildman–Crippen MR) is 212 cm³/mol. The molecule has 52 heavy (non-hydrogen) atoms. The van der Waals surface area contributed by atoms with Gasteiger partial charge in [0.25, 0.3) is 0 Å². The minimum Gasteiger partial charge on any atom is -0.871 e. The standard InChI is InChI=1S/C44H68N2O6/c1-7-13-15-17-19-21-27-51-37-31-33(45(23-9-3)24-10-4)29-35(47)39(37)41-43(49)42(44(41)50)40-36(48)30-34(46(25-11-5)26-12-6)32-38(40)52-28-22-20-18-16-14-8-2/h29-32H,7-28H2,1-6H3,(H2,47,48,49,50). The van der Waals surface area contributed by atoms with Gasteiger partial charge in [0.05, 0.1) is 36.5 Å². The Bertz CT molecular complexity index is 1450. The van der Waals surface area contributed by atoms with Crippen molar-refractivity contribution < 1.29 is 34.2 Å². The molecule has 0 radical (unpaired) electrons. The number of ketones is 1. The number of anilines is 1. The maximum Gasteiger partial charge on any atom is 0.207 e. The summed E-state index contributed by atoms with van der Waals surface area (Å²) in [6.07, 6.45) is 20.4. The lowest BCUT2D eigenvalue weighted by Crippen LogP contribution is -2.33. The van der Waals surface area contributed by atoms with Crippen LogP contribution in [0.4, 0.5) is 5.69 Å². The Labute approximate surface area is 314 Å². The van der Waals surface area contributed by atoms with Crippen molar-refractivity contribution in [1.29, 1.82) is 0 Å². The lowest BCUT2D eigenvalue weighted by atomic mass is 9.78. The maximum atomic E-state index is 14.1. The highest BCUT2D eigenvalue weighted by Crippen LogP contribution is 2.48. The van der Waals surface area contributed by atoms with Crippen molar-refractivity contribution in [2.45, 2.75) is 144 Å². The number of nitrogens with zero attached hydrogens (tertiary/aromatic N) is 2. The zero-order valence-corrected chi connectivity index (χ0v) is 33.3. The highest BCUT2D eigenvalue weighted by Gasteiger charge is 2.38. The molecule has 0 aliphatic heterocycles. The number of hydrogen-bond acceptors (Lipinski definition) is 7. The van der Waals surface area contributed by atoms with E-state index in [9.17, 15) is 20.1 Å². The molecule has 2 aliphatic rings. The van der Waals surface area contributed by atoms with Gasteiger partial charge >= 0.3 is 0 Å². The Kier molecular flexibility index (Phi) is 19.0. The van der Waals surface area contributed by atoms with E-state index in [0.29, 0.717) is 24.7 Å². The number of Topliss-reactive ketones (excluding diaryl/α,β-unsaturated/α-hetero) is 1. The van der Waals surface area contributed by atoms with E-state index in [-0.39, 0.29) is 33.8 Å². The van der Waals surface area contributed by atoms with Gasteiger partial charge in [0.1, 0.15) is 36.1 Å². The number of ether oxygens (including phenoxy) is 2. The summed E-state index contributed by atoms with van der Waals surface area (Å²) in [4.78, 5) is 16.3. The molecule has 0 saturated carbocycles. The first-order valence-corrected chi connectivity index (χ1v) is 20.6. The van der Waals surface area contributed by atoms with Crippen LogP contribution in [0.5, 0.6) is 11.5 Å². The van der Waals surface area contributed by atoms with E-state index in [0.717, 1.165) is 102 Å². The molecule has 1 aromatic carbocycles. The first-order valence-electron chi connectivity index (χ1n) is 20.6. The van der Waals surface area contributed by atoms with Crippen LogP contribution in [-0.2, 0) is 9.53 Å². The largest absolute Gasteiger partial charge is 0.871 e. The van der Waals surface area contributed by atoms with Crippen molar-refractivity contribution in [2.75, 3.05) is 44.3 Å².